The Balaban J connectivity index is 2.92. The van der Waals surface area contributed by atoms with Crippen molar-refractivity contribution in [2.45, 2.75) is 12.5 Å². The molecule has 3 heteroatoms. The fourth-order valence-corrected chi connectivity index (χ4v) is 0.612. The summed E-state index contributed by atoms with van der Waals surface area (Å²) in [5.41, 5.74) is -0.287. The van der Waals surface area contributed by atoms with Gasteiger partial charge in [0.15, 0.2) is 5.56 Å². The Kier molecular flexibility index (Phi) is 5.49. The Morgan fingerprint density at radius 2 is 2.25 bits per heavy atom. The minimum atomic E-state index is -0.287. The van der Waals surface area contributed by atoms with E-state index in [1.165, 1.54) is 0 Å². The summed E-state index contributed by atoms with van der Waals surface area (Å²) >= 11 is 5.53. The Labute approximate surface area is 54.7 Å². The lowest BCUT2D eigenvalue weighted by molar-refractivity contribution is 0.0516. The lowest BCUT2D eigenvalue weighted by Crippen LogP contribution is -2.11. The largest absolute Gasteiger partial charge is 0.381 e. The van der Waals surface area contributed by atoms with E-state index in [4.69, 9.17) is 21.1 Å². The summed E-state index contributed by atoms with van der Waals surface area (Å²) in [6, 6.07) is 0. The zero-order valence-corrected chi connectivity index (χ0v) is 5.94. The first-order chi connectivity index (χ1) is 3.81. The molecule has 0 rings (SSSR count). The highest BCUT2D eigenvalue weighted by atomic mass is 35.5. The molecule has 0 aromatic rings. The maximum Gasteiger partial charge on any atom is 0.154 e. The van der Waals surface area contributed by atoms with Crippen molar-refractivity contribution in [3.63, 3.8) is 0 Å². The predicted molar refractivity (Wildman–Crippen MR) is 33.1 cm³/mol. The van der Waals surface area contributed by atoms with Crippen molar-refractivity contribution in [3.05, 3.63) is 0 Å². The minimum Gasteiger partial charge on any atom is -0.381 e. The standard InChI is InChI=1S/C5H11ClO2/c1-3-8-5(6)4-7-2/h5H,3-4H2,1-2H3. The highest BCUT2D eigenvalue weighted by Crippen LogP contribution is 1.96. The van der Waals surface area contributed by atoms with E-state index >= 15 is 0 Å². The molecule has 0 heterocycles. The van der Waals surface area contributed by atoms with E-state index in [1.54, 1.807) is 7.11 Å². The van der Waals surface area contributed by atoms with Crippen LogP contribution in [0.25, 0.3) is 0 Å². The quantitative estimate of drug-likeness (QED) is 0.545. The summed E-state index contributed by atoms with van der Waals surface area (Å²) < 4.78 is 9.62. The molecule has 1 unspecified atom stereocenters. The molecule has 8 heavy (non-hydrogen) atoms. The van der Waals surface area contributed by atoms with Crippen LogP contribution in [0, 0.1) is 0 Å². The van der Waals surface area contributed by atoms with E-state index in [-0.39, 0.29) is 5.56 Å². The molecule has 0 fully saturated rings. The summed E-state index contributed by atoms with van der Waals surface area (Å²) in [6.45, 7) is 2.98. The second-order valence-electron chi connectivity index (χ2n) is 1.32. The van der Waals surface area contributed by atoms with Crippen molar-refractivity contribution in [2.24, 2.45) is 0 Å². The second kappa shape index (κ2) is 5.35. The molecular weight excluding hydrogens is 128 g/mol. The Morgan fingerprint density at radius 1 is 1.62 bits per heavy atom. The van der Waals surface area contributed by atoms with Crippen LogP contribution < -0.4 is 0 Å². The van der Waals surface area contributed by atoms with Crippen LogP contribution in [0.3, 0.4) is 0 Å². The van der Waals surface area contributed by atoms with Crippen LogP contribution in [-0.2, 0) is 9.47 Å². The lowest BCUT2D eigenvalue weighted by Gasteiger charge is -2.05. The number of hydrogen-bond acceptors (Lipinski definition) is 2. The summed E-state index contributed by atoms with van der Waals surface area (Å²) in [5, 5.41) is 0. The van der Waals surface area contributed by atoms with Crippen molar-refractivity contribution >= 4 is 11.6 Å². The number of ether oxygens (including phenoxy) is 2. The first-order valence-electron chi connectivity index (χ1n) is 2.55. The van der Waals surface area contributed by atoms with Gasteiger partial charge in [0.05, 0.1) is 6.61 Å². The van der Waals surface area contributed by atoms with Crippen molar-refractivity contribution in [1.29, 1.82) is 0 Å². The van der Waals surface area contributed by atoms with E-state index < -0.39 is 0 Å². The van der Waals surface area contributed by atoms with E-state index in [0.717, 1.165) is 0 Å². The van der Waals surface area contributed by atoms with Gasteiger partial charge in [-0.15, -0.1) is 0 Å². The van der Waals surface area contributed by atoms with Crippen LogP contribution >= 0.6 is 11.6 Å². The molecule has 0 aromatic carbocycles. The third-order valence-corrected chi connectivity index (χ3v) is 0.897. The zero-order valence-electron chi connectivity index (χ0n) is 5.19. The average molecular weight is 139 g/mol. The van der Waals surface area contributed by atoms with Crippen molar-refractivity contribution < 1.29 is 9.47 Å². The second-order valence-corrected chi connectivity index (χ2v) is 1.81. The number of halogens is 1. The van der Waals surface area contributed by atoms with Crippen LogP contribution in [0.1, 0.15) is 6.92 Å². The van der Waals surface area contributed by atoms with E-state index in [2.05, 4.69) is 0 Å². The fourth-order valence-electron chi connectivity index (χ4n) is 0.360. The molecule has 0 radical (unpaired) electrons. The molecule has 0 aliphatic rings. The van der Waals surface area contributed by atoms with E-state index in [0.29, 0.717) is 13.2 Å². The highest BCUT2D eigenvalue weighted by Gasteiger charge is 1.99. The van der Waals surface area contributed by atoms with Crippen LogP contribution in [0.4, 0.5) is 0 Å². The number of rotatable bonds is 4. The highest BCUT2D eigenvalue weighted by molar-refractivity contribution is 6.19. The average Bonchev–Trinajstić information content (AvgIpc) is 1.68. The topological polar surface area (TPSA) is 18.5 Å². The molecule has 0 aromatic heterocycles. The SMILES string of the molecule is CCOC(Cl)COC. The molecule has 0 N–H and O–H groups in total. The Bertz CT molecular complexity index is 43.7. The minimum absolute atomic E-state index is 0.287. The summed E-state index contributed by atoms with van der Waals surface area (Å²) in [7, 11) is 1.59. The molecule has 1 atom stereocenters. The molecule has 0 bridgehead atoms. The van der Waals surface area contributed by atoms with Gasteiger partial charge >= 0.3 is 0 Å². The maximum atomic E-state index is 5.53. The third-order valence-electron chi connectivity index (χ3n) is 0.645. The molecule has 50 valence electrons. The molecule has 0 saturated carbocycles. The predicted octanol–water partition coefficient (Wildman–Crippen LogP) is 1.23. The van der Waals surface area contributed by atoms with E-state index in [9.17, 15) is 0 Å². The first-order valence-corrected chi connectivity index (χ1v) is 2.99. The molecule has 0 spiro atoms. The molecule has 0 amide bonds. The van der Waals surface area contributed by atoms with Gasteiger partial charge in [-0.3, -0.25) is 0 Å². The first kappa shape index (κ1) is 8.21. The Hall–Kier alpha value is 0.210. The summed E-state index contributed by atoms with van der Waals surface area (Å²) in [6.07, 6.45) is 0. The zero-order chi connectivity index (χ0) is 6.41. The molecule has 0 aliphatic heterocycles. The van der Waals surface area contributed by atoms with Gasteiger partial charge in [-0.1, -0.05) is 11.6 Å². The van der Waals surface area contributed by atoms with E-state index in [1.807, 2.05) is 6.92 Å². The van der Waals surface area contributed by atoms with Crippen LogP contribution in [0.5, 0.6) is 0 Å². The Morgan fingerprint density at radius 3 is 2.62 bits per heavy atom. The molecule has 0 aliphatic carbocycles. The smallest absolute Gasteiger partial charge is 0.154 e. The van der Waals surface area contributed by atoms with Crippen LogP contribution in [0.2, 0.25) is 0 Å². The van der Waals surface area contributed by atoms with Gasteiger partial charge in [-0.2, -0.15) is 0 Å². The van der Waals surface area contributed by atoms with Crippen molar-refractivity contribution in [3.8, 4) is 0 Å². The normalized spacial score (nSPS) is 13.9. The van der Waals surface area contributed by atoms with Gasteiger partial charge in [0, 0.05) is 13.7 Å². The van der Waals surface area contributed by atoms with Gasteiger partial charge < -0.3 is 9.47 Å². The fraction of sp³-hybridized carbons (Fsp3) is 1.00. The third kappa shape index (κ3) is 4.37. The summed E-state index contributed by atoms with van der Waals surface area (Å²) in [5.74, 6) is 0. The van der Waals surface area contributed by atoms with Crippen molar-refractivity contribution in [2.75, 3.05) is 20.3 Å². The van der Waals surface area contributed by atoms with Gasteiger partial charge in [-0.25, -0.2) is 0 Å². The van der Waals surface area contributed by atoms with Gasteiger partial charge in [0.2, 0.25) is 0 Å². The number of methoxy groups -OCH3 is 1. The van der Waals surface area contributed by atoms with Crippen LogP contribution in [-0.4, -0.2) is 25.9 Å². The van der Waals surface area contributed by atoms with Gasteiger partial charge in [-0.05, 0) is 6.92 Å². The maximum absolute atomic E-state index is 5.53. The monoisotopic (exact) mass is 138 g/mol. The van der Waals surface area contributed by atoms with Crippen molar-refractivity contribution in [1.82, 2.24) is 0 Å². The number of hydrogen-bond donors (Lipinski definition) is 0. The van der Waals surface area contributed by atoms with Crippen LogP contribution in [0.15, 0.2) is 0 Å². The lowest BCUT2D eigenvalue weighted by atomic mass is 10.7. The van der Waals surface area contributed by atoms with Gasteiger partial charge in [0.1, 0.15) is 0 Å². The van der Waals surface area contributed by atoms with Gasteiger partial charge in [0.25, 0.3) is 0 Å². The molecular formula is C5H11ClO2. The number of alkyl halides is 1. The summed E-state index contributed by atoms with van der Waals surface area (Å²) in [4.78, 5) is 0. The molecule has 2 nitrogen and oxygen atoms in total. The molecule has 0 saturated heterocycles.